The summed E-state index contributed by atoms with van der Waals surface area (Å²) in [4.78, 5) is 27.0. The van der Waals surface area contributed by atoms with E-state index in [2.05, 4.69) is 0 Å². The van der Waals surface area contributed by atoms with E-state index in [1.165, 1.54) is 24.3 Å². The van der Waals surface area contributed by atoms with Crippen LogP contribution in [0, 0.1) is 11.7 Å². The summed E-state index contributed by atoms with van der Waals surface area (Å²) in [5.41, 5.74) is 1.72. The fourth-order valence-corrected chi connectivity index (χ4v) is 4.69. The van der Waals surface area contributed by atoms with Crippen LogP contribution in [0.5, 0.6) is 5.75 Å². The molecule has 2 aliphatic rings. The summed E-state index contributed by atoms with van der Waals surface area (Å²) in [7, 11) is 0. The lowest BCUT2D eigenvalue weighted by molar-refractivity contribution is -0.133. The first-order chi connectivity index (χ1) is 15.8. The average molecular weight is 451 g/mol. The fraction of sp³-hybridized carbons (Fsp3) is 0.385. The van der Waals surface area contributed by atoms with E-state index >= 15 is 0 Å². The Balaban J connectivity index is 1.67. The molecule has 1 saturated heterocycles. The molecule has 6 nitrogen and oxygen atoms in total. The van der Waals surface area contributed by atoms with Gasteiger partial charge in [-0.25, -0.2) is 9.18 Å². The number of halogens is 1. The second-order valence-electron chi connectivity index (χ2n) is 9.13. The van der Waals surface area contributed by atoms with E-state index in [4.69, 9.17) is 9.15 Å². The van der Waals surface area contributed by atoms with Crippen LogP contribution in [-0.2, 0) is 4.79 Å². The van der Waals surface area contributed by atoms with E-state index in [0.29, 0.717) is 28.8 Å². The van der Waals surface area contributed by atoms with Crippen LogP contribution in [-0.4, -0.2) is 34.5 Å². The zero-order chi connectivity index (χ0) is 23.3. The molecule has 2 aromatic carbocycles. The van der Waals surface area contributed by atoms with Crippen molar-refractivity contribution in [3.63, 3.8) is 0 Å². The number of rotatable bonds is 6. The highest BCUT2D eigenvalue weighted by molar-refractivity contribution is 6.08. The Morgan fingerprint density at radius 3 is 2.52 bits per heavy atom. The molecule has 0 radical (unpaired) electrons. The number of carboxylic acid groups (broad SMARTS) is 1. The Morgan fingerprint density at radius 1 is 1.15 bits per heavy atom. The highest BCUT2D eigenvalue weighted by Gasteiger charge is 2.40. The molecule has 33 heavy (non-hydrogen) atoms. The molecule has 3 aromatic rings. The third-order valence-corrected chi connectivity index (χ3v) is 6.32. The average Bonchev–Trinajstić information content (AvgIpc) is 3.38. The minimum atomic E-state index is -1.14. The minimum absolute atomic E-state index is 0.00843. The second-order valence-corrected chi connectivity index (χ2v) is 9.13. The summed E-state index contributed by atoms with van der Waals surface area (Å²) in [5.74, 6) is -0.512. The smallest absolute Gasteiger partial charge is 0.340 e. The van der Waals surface area contributed by atoms with E-state index in [1.807, 2.05) is 24.8 Å². The molecule has 1 amide bonds. The summed E-state index contributed by atoms with van der Waals surface area (Å²) in [6, 6.07) is 8.93. The third kappa shape index (κ3) is 3.96. The number of aromatic carboxylic acids is 1. The number of hydrogen-bond acceptors (Lipinski definition) is 4. The summed E-state index contributed by atoms with van der Waals surface area (Å²) < 4.78 is 25.6. The molecule has 1 unspecified atom stereocenters. The topological polar surface area (TPSA) is 80.0 Å². The molecular weight excluding hydrogens is 425 g/mol. The van der Waals surface area contributed by atoms with Crippen LogP contribution in [0.1, 0.15) is 61.5 Å². The minimum Gasteiger partial charge on any atom is -0.491 e. The Labute approximate surface area is 190 Å². The summed E-state index contributed by atoms with van der Waals surface area (Å²) in [6.07, 6.45) is 3.47. The van der Waals surface area contributed by atoms with E-state index in [1.54, 1.807) is 6.07 Å². The fourth-order valence-electron chi connectivity index (χ4n) is 4.69. The van der Waals surface area contributed by atoms with Crippen molar-refractivity contribution in [1.82, 2.24) is 4.90 Å². The van der Waals surface area contributed by atoms with Gasteiger partial charge in [-0.15, -0.1) is 0 Å². The first-order valence-corrected chi connectivity index (χ1v) is 11.4. The second kappa shape index (κ2) is 8.21. The Hall–Kier alpha value is -3.35. The largest absolute Gasteiger partial charge is 0.491 e. The number of hydrogen-bond donors (Lipinski definition) is 1. The lowest BCUT2D eigenvalue weighted by Gasteiger charge is -2.27. The van der Waals surface area contributed by atoms with Crippen LogP contribution < -0.4 is 4.74 Å². The molecule has 1 N–H and O–H groups in total. The summed E-state index contributed by atoms with van der Waals surface area (Å²) in [5, 5.41) is 10.4. The Morgan fingerprint density at radius 2 is 1.88 bits per heavy atom. The molecular formula is C26H26FNO5. The van der Waals surface area contributed by atoms with Gasteiger partial charge in [0.05, 0.1) is 12.1 Å². The number of likely N-dealkylation sites (tertiary alicyclic amines) is 1. The summed E-state index contributed by atoms with van der Waals surface area (Å²) >= 11 is 0. The zero-order valence-electron chi connectivity index (χ0n) is 18.6. The van der Waals surface area contributed by atoms with Gasteiger partial charge in [-0.05, 0) is 75.9 Å². The first kappa shape index (κ1) is 21.5. The Bertz CT molecular complexity index is 1230. The standard InChI is InChI=1S/C26H26FNO5/c1-14(2)32-21-13-19-22(12-18(21)20-4-3-11-28(20)25(29)16-5-6-16)33-24(23(19)26(30)31)15-7-9-17(27)10-8-15/h7-10,12-14,16,20H,3-6,11H2,1-2H3,(H,30,31). The lowest BCUT2D eigenvalue weighted by atomic mass is 9.99. The molecule has 1 saturated carbocycles. The molecule has 0 bridgehead atoms. The van der Waals surface area contributed by atoms with E-state index in [9.17, 15) is 19.1 Å². The van der Waals surface area contributed by atoms with Gasteiger partial charge in [0.15, 0.2) is 0 Å². The van der Waals surface area contributed by atoms with Gasteiger partial charge in [0.25, 0.3) is 0 Å². The van der Waals surface area contributed by atoms with Crippen molar-refractivity contribution in [2.24, 2.45) is 5.92 Å². The number of nitrogens with zero attached hydrogens (tertiary/aromatic N) is 1. The SMILES string of the molecule is CC(C)Oc1cc2c(C(=O)O)c(-c3ccc(F)cc3)oc2cc1C1CCCN1C(=O)C1CC1. The van der Waals surface area contributed by atoms with Gasteiger partial charge in [-0.2, -0.15) is 0 Å². The van der Waals surface area contributed by atoms with Crippen LogP contribution in [0.25, 0.3) is 22.3 Å². The van der Waals surface area contributed by atoms with Crippen molar-refractivity contribution in [3.8, 4) is 17.1 Å². The van der Waals surface area contributed by atoms with Gasteiger partial charge >= 0.3 is 5.97 Å². The number of ether oxygens (including phenoxy) is 1. The van der Waals surface area contributed by atoms with Gasteiger partial charge in [-0.3, -0.25) is 4.79 Å². The molecule has 1 atom stereocenters. The molecule has 1 aromatic heterocycles. The number of benzene rings is 2. The van der Waals surface area contributed by atoms with Crippen molar-refractivity contribution in [2.45, 2.75) is 51.7 Å². The van der Waals surface area contributed by atoms with Crippen molar-refractivity contribution in [1.29, 1.82) is 0 Å². The van der Waals surface area contributed by atoms with Crippen LogP contribution >= 0.6 is 0 Å². The summed E-state index contributed by atoms with van der Waals surface area (Å²) in [6.45, 7) is 4.53. The van der Waals surface area contributed by atoms with Crippen LogP contribution in [0.3, 0.4) is 0 Å². The maximum Gasteiger partial charge on any atom is 0.340 e. The van der Waals surface area contributed by atoms with Gasteiger partial charge in [0, 0.05) is 29.0 Å². The van der Waals surface area contributed by atoms with E-state index in [0.717, 1.165) is 31.2 Å². The number of carbonyl (C=O) groups is 2. The normalized spacial score (nSPS) is 18.3. The van der Waals surface area contributed by atoms with Gasteiger partial charge in [-0.1, -0.05) is 0 Å². The molecule has 2 fully saturated rings. The maximum absolute atomic E-state index is 13.4. The maximum atomic E-state index is 13.4. The lowest BCUT2D eigenvalue weighted by Crippen LogP contribution is -2.32. The van der Waals surface area contributed by atoms with Gasteiger partial charge in [0.1, 0.15) is 28.5 Å². The number of carbonyl (C=O) groups excluding carboxylic acids is 1. The molecule has 5 rings (SSSR count). The van der Waals surface area contributed by atoms with Gasteiger partial charge < -0.3 is 19.2 Å². The number of furan rings is 1. The van der Waals surface area contributed by atoms with Crippen LogP contribution in [0.15, 0.2) is 40.8 Å². The van der Waals surface area contributed by atoms with Crippen LogP contribution in [0.2, 0.25) is 0 Å². The first-order valence-electron chi connectivity index (χ1n) is 11.4. The van der Waals surface area contributed by atoms with Crippen molar-refractivity contribution in [3.05, 3.63) is 53.3 Å². The van der Waals surface area contributed by atoms with Crippen molar-refractivity contribution >= 4 is 22.8 Å². The molecule has 1 aliphatic heterocycles. The highest BCUT2D eigenvalue weighted by Crippen LogP contribution is 2.45. The molecule has 7 heteroatoms. The molecule has 0 spiro atoms. The Kier molecular flexibility index (Phi) is 5.35. The number of carboxylic acids is 1. The van der Waals surface area contributed by atoms with Gasteiger partial charge in [0.2, 0.25) is 5.91 Å². The van der Waals surface area contributed by atoms with Crippen molar-refractivity contribution < 1.29 is 28.2 Å². The molecule has 2 heterocycles. The van der Waals surface area contributed by atoms with Crippen molar-refractivity contribution in [2.75, 3.05) is 6.54 Å². The molecule has 172 valence electrons. The monoisotopic (exact) mass is 451 g/mol. The highest BCUT2D eigenvalue weighted by atomic mass is 19.1. The number of amides is 1. The zero-order valence-corrected chi connectivity index (χ0v) is 18.6. The van der Waals surface area contributed by atoms with E-state index in [-0.39, 0.29) is 35.3 Å². The van der Waals surface area contributed by atoms with E-state index < -0.39 is 11.8 Å². The number of fused-ring (bicyclic) bond motifs is 1. The predicted octanol–water partition coefficient (Wildman–Crippen LogP) is 5.80. The predicted molar refractivity (Wildman–Crippen MR) is 121 cm³/mol. The quantitative estimate of drug-likeness (QED) is 0.513. The van der Waals surface area contributed by atoms with Crippen LogP contribution in [0.4, 0.5) is 4.39 Å². The third-order valence-electron chi connectivity index (χ3n) is 6.32. The molecule has 1 aliphatic carbocycles.